The van der Waals surface area contributed by atoms with Gasteiger partial charge in [-0.3, -0.25) is 9.59 Å². The number of benzene rings is 1. The predicted molar refractivity (Wildman–Crippen MR) is 101 cm³/mol. The lowest BCUT2D eigenvalue weighted by Crippen LogP contribution is -2.17. The number of nitrogens with zero attached hydrogens (tertiary/aromatic N) is 2. The van der Waals surface area contributed by atoms with Crippen LogP contribution < -0.4 is 10.6 Å². The van der Waals surface area contributed by atoms with Crippen molar-refractivity contribution in [3.63, 3.8) is 0 Å². The molecular weight excluding hydrogens is 336 g/mol. The number of hydrogen-bond acceptors (Lipinski definition) is 5. The van der Waals surface area contributed by atoms with Gasteiger partial charge < -0.3 is 10.6 Å². The van der Waals surface area contributed by atoms with Crippen molar-refractivity contribution in [2.24, 2.45) is 5.92 Å². The van der Waals surface area contributed by atoms with E-state index in [9.17, 15) is 9.59 Å². The molecule has 6 nitrogen and oxygen atoms in total. The normalized spacial score (nSPS) is 10.8. The molecule has 1 aromatic heterocycles. The highest BCUT2D eigenvalue weighted by Gasteiger charge is 2.12. The highest BCUT2D eigenvalue weighted by molar-refractivity contribution is 7.15. The molecular formula is C18H24N4O2S. The van der Waals surface area contributed by atoms with Crippen molar-refractivity contribution in [2.45, 2.75) is 47.0 Å². The molecule has 2 aromatic rings. The third-order valence-corrected chi connectivity index (χ3v) is 4.40. The Morgan fingerprint density at radius 1 is 1.08 bits per heavy atom. The van der Waals surface area contributed by atoms with E-state index < -0.39 is 0 Å². The van der Waals surface area contributed by atoms with Gasteiger partial charge in [-0.05, 0) is 37.0 Å². The molecule has 1 heterocycles. The van der Waals surface area contributed by atoms with Gasteiger partial charge in [0.25, 0.3) is 0 Å². The van der Waals surface area contributed by atoms with E-state index in [1.54, 1.807) is 0 Å². The molecule has 25 heavy (non-hydrogen) atoms. The quantitative estimate of drug-likeness (QED) is 0.788. The van der Waals surface area contributed by atoms with Crippen molar-refractivity contribution in [2.75, 3.05) is 10.6 Å². The lowest BCUT2D eigenvalue weighted by molar-refractivity contribution is -0.121. The summed E-state index contributed by atoms with van der Waals surface area (Å²) in [7, 11) is 0. The molecule has 7 heteroatoms. The molecule has 0 spiro atoms. The fourth-order valence-corrected chi connectivity index (χ4v) is 3.20. The van der Waals surface area contributed by atoms with Crippen LogP contribution in [0.5, 0.6) is 0 Å². The van der Waals surface area contributed by atoms with E-state index in [0.717, 1.165) is 28.2 Å². The Bertz CT molecular complexity index is 755. The Hall–Kier alpha value is -2.28. The number of aromatic nitrogens is 2. The van der Waals surface area contributed by atoms with Crippen LogP contribution in [0.25, 0.3) is 0 Å². The summed E-state index contributed by atoms with van der Waals surface area (Å²) in [5, 5.41) is 15.0. The number of anilines is 2. The molecule has 0 aliphatic heterocycles. The minimum absolute atomic E-state index is 0.107. The summed E-state index contributed by atoms with van der Waals surface area (Å²) in [6.07, 6.45) is 1.07. The average Bonchev–Trinajstić information content (AvgIpc) is 2.95. The van der Waals surface area contributed by atoms with Crippen LogP contribution in [-0.2, 0) is 16.0 Å². The van der Waals surface area contributed by atoms with Gasteiger partial charge in [-0.15, -0.1) is 10.2 Å². The van der Waals surface area contributed by atoms with Gasteiger partial charge in [0.15, 0.2) is 0 Å². The van der Waals surface area contributed by atoms with Crippen molar-refractivity contribution in [3.05, 3.63) is 34.3 Å². The molecule has 2 amide bonds. The smallest absolute Gasteiger partial charge is 0.226 e. The lowest BCUT2D eigenvalue weighted by atomic mass is 10.1. The number of hydrogen-bond donors (Lipinski definition) is 2. The number of amides is 2. The van der Waals surface area contributed by atoms with Crippen LogP contribution in [0.4, 0.5) is 10.8 Å². The molecule has 2 rings (SSSR count). The van der Waals surface area contributed by atoms with E-state index in [1.807, 2.05) is 32.0 Å². The van der Waals surface area contributed by atoms with E-state index in [1.165, 1.54) is 11.3 Å². The second-order valence-electron chi connectivity index (χ2n) is 6.51. The third kappa shape index (κ3) is 6.26. The molecule has 2 N–H and O–H groups in total. The maximum atomic E-state index is 12.0. The highest BCUT2D eigenvalue weighted by atomic mass is 32.1. The molecule has 0 fully saturated rings. The first-order chi connectivity index (χ1) is 11.8. The zero-order valence-corrected chi connectivity index (χ0v) is 15.9. The molecule has 0 aliphatic rings. The number of aryl methyl sites for hydroxylation is 2. The second-order valence-corrected chi connectivity index (χ2v) is 7.58. The Morgan fingerprint density at radius 2 is 1.76 bits per heavy atom. The highest BCUT2D eigenvalue weighted by Crippen LogP contribution is 2.19. The Labute approximate surface area is 152 Å². The van der Waals surface area contributed by atoms with Gasteiger partial charge in [-0.1, -0.05) is 37.3 Å². The molecule has 134 valence electrons. The van der Waals surface area contributed by atoms with Gasteiger partial charge in [-0.2, -0.15) is 0 Å². The van der Waals surface area contributed by atoms with E-state index >= 15 is 0 Å². The zero-order valence-electron chi connectivity index (χ0n) is 15.0. The largest absolute Gasteiger partial charge is 0.326 e. The van der Waals surface area contributed by atoms with Gasteiger partial charge in [0.1, 0.15) is 5.01 Å². The Morgan fingerprint density at radius 3 is 2.44 bits per heavy atom. The SMILES string of the molecule is Cc1ccc(C)c(NC(=O)CCC(=O)Nc2nnc(CC(C)C)s2)c1. The van der Waals surface area contributed by atoms with E-state index in [4.69, 9.17) is 0 Å². The number of carbonyl (C=O) groups excluding carboxylic acids is 2. The summed E-state index contributed by atoms with van der Waals surface area (Å²) >= 11 is 1.38. The van der Waals surface area contributed by atoms with Crippen LogP contribution in [0.2, 0.25) is 0 Å². The summed E-state index contributed by atoms with van der Waals surface area (Å²) in [6.45, 7) is 8.12. The Balaban J connectivity index is 1.80. The predicted octanol–water partition coefficient (Wildman–Crippen LogP) is 3.71. The zero-order chi connectivity index (χ0) is 18.4. The van der Waals surface area contributed by atoms with Crippen LogP contribution >= 0.6 is 11.3 Å². The van der Waals surface area contributed by atoms with E-state index in [-0.39, 0.29) is 24.7 Å². The summed E-state index contributed by atoms with van der Waals surface area (Å²) in [4.78, 5) is 24.0. The third-order valence-electron chi connectivity index (χ3n) is 3.54. The van der Waals surface area contributed by atoms with Crippen LogP contribution in [0, 0.1) is 19.8 Å². The molecule has 0 aliphatic carbocycles. The van der Waals surface area contributed by atoms with Crippen LogP contribution in [-0.4, -0.2) is 22.0 Å². The molecule has 0 saturated carbocycles. The lowest BCUT2D eigenvalue weighted by Gasteiger charge is -2.09. The summed E-state index contributed by atoms with van der Waals surface area (Å²) < 4.78 is 0. The van der Waals surface area contributed by atoms with Crippen molar-refractivity contribution in [3.8, 4) is 0 Å². The van der Waals surface area contributed by atoms with Gasteiger partial charge in [-0.25, -0.2) is 0 Å². The molecule has 0 bridgehead atoms. The molecule has 0 saturated heterocycles. The minimum Gasteiger partial charge on any atom is -0.326 e. The fraction of sp³-hybridized carbons (Fsp3) is 0.444. The first-order valence-electron chi connectivity index (χ1n) is 8.33. The van der Waals surface area contributed by atoms with Gasteiger partial charge >= 0.3 is 0 Å². The molecule has 0 atom stereocenters. The first-order valence-corrected chi connectivity index (χ1v) is 9.14. The summed E-state index contributed by atoms with van der Waals surface area (Å²) in [6, 6.07) is 5.88. The first kappa shape index (κ1) is 19.1. The molecule has 0 unspecified atom stereocenters. The van der Waals surface area contributed by atoms with Crippen molar-refractivity contribution in [1.82, 2.24) is 10.2 Å². The maximum absolute atomic E-state index is 12.0. The van der Waals surface area contributed by atoms with Gasteiger partial charge in [0, 0.05) is 24.9 Å². The second kappa shape index (κ2) is 8.71. The number of rotatable bonds is 7. The monoisotopic (exact) mass is 360 g/mol. The average molecular weight is 360 g/mol. The van der Waals surface area contributed by atoms with Crippen LogP contribution in [0.3, 0.4) is 0 Å². The van der Waals surface area contributed by atoms with Gasteiger partial charge in [0.05, 0.1) is 0 Å². The van der Waals surface area contributed by atoms with Crippen molar-refractivity contribution in [1.29, 1.82) is 0 Å². The van der Waals surface area contributed by atoms with Crippen molar-refractivity contribution < 1.29 is 9.59 Å². The minimum atomic E-state index is -0.233. The maximum Gasteiger partial charge on any atom is 0.226 e. The number of carbonyl (C=O) groups is 2. The van der Waals surface area contributed by atoms with Gasteiger partial charge in [0.2, 0.25) is 16.9 Å². The van der Waals surface area contributed by atoms with E-state index in [0.29, 0.717) is 11.0 Å². The molecule has 0 radical (unpaired) electrons. The van der Waals surface area contributed by atoms with E-state index in [2.05, 4.69) is 34.7 Å². The number of nitrogens with one attached hydrogen (secondary N) is 2. The van der Waals surface area contributed by atoms with Crippen molar-refractivity contribution >= 4 is 34.0 Å². The summed E-state index contributed by atoms with van der Waals surface area (Å²) in [5.41, 5.74) is 2.86. The van der Waals surface area contributed by atoms with Crippen LogP contribution in [0.1, 0.15) is 42.8 Å². The Kier molecular flexibility index (Phi) is 6.64. The molecule has 1 aromatic carbocycles. The fourth-order valence-electron chi connectivity index (χ4n) is 2.23. The van der Waals surface area contributed by atoms with Crippen LogP contribution in [0.15, 0.2) is 18.2 Å². The topological polar surface area (TPSA) is 84.0 Å². The standard InChI is InChI=1S/C18H24N4O2S/c1-11(2)9-17-21-22-18(25-17)20-16(24)8-7-15(23)19-14-10-12(3)5-6-13(14)4/h5-6,10-11H,7-9H2,1-4H3,(H,19,23)(H,20,22,24). The summed E-state index contributed by atoms with van der Waals surface area (Å²) in [5.74, 6) is 0.0789.